The molecule has 0 saturated heterocycles. The summed E-state index contributed by atoms with van der Waals surface area (Å²) in [7, 11) is 1.60. The first-order chi connectivity index (χ1) is 14.1. The number of benzene rings is 2. The van der Waals surface area contributed by atoms with E-state index < -0.39 is 0 Å². The van der Waals surface area contributed by atoms with Gasteiger partial charge in [-0.3, -0.25) is 0 Å². The van der Waals surface area contributed by atoms with Gasteiger partial charge >= 0.3 is 0 Å². The van der Waals surface area contributed by atoms with Crippen LogP contribution in [0.3, 0.4) is 0 Å². The van der Waals surface area contributed by atoms with Crippen molar-refractivity contribution in [3.8, 4) is 11.5 Å². The standard InChI is InChI=1S/C22H28Cl3NO3/c1-3-4-10-28-11-6-9-26-14-16-12-21(27-2)22(13-20(16)25)29-15-17-18(23)7-5-8-19(17)24/h5,7-8,12-13,26H,3-4,6,9-11,14-15H2,1-2H3. The number of halogens is 3. The maximum Gasteiger partial charge on any atom is 0.163 e. The van der Waals surface area contributed by atoms with Gasteiger partial charge in [0, 0.05) is 46.5 Å². The molecular weight excluding hydrogens is 433 g/mol. The van der Waals surface area contributed by atoms with Gasteiger partial charge in [0.05, 0.1) is 7.11 Å². The first kappa shape index (κ1) is 24.1. The van der Waals surface area contributed by atoms with Crippen molar-refractivity contribution in [2.24, 2.45) is 0 Å². The van der Waals surface area contributed by atoms with Crippen LogP contribution in [0.1, 0.15) is 37.3 Å². The average molecular weight is 461 g/mol. The van der Waals surface area contributed by atoms with Gasteiger partial charge in [0.1, 0.15) is 6.61 Å². The average Bonchev–Trinajstić information content (AvgIpc) is 2.70. The summed E-state index contributed by atoms with van der Waals surface area (Å²) in [5.41, 5.74) is 1.67. The van der Waals surface area contributed by atoms with Crippen LogP contribution in [0, 0.1) is 0 Å². The highest BCUT2D eigenvalue weighted by Crippen LogP contribution is 2.35. The van der Waals surface area contributed by atoms with Crippen LogP contribution in [0.15, 0.2) is 30.3 Å². The molecule has 0 aliphatic heterocycles. The van der Waals surface area contributed by atoms with E-state index in [1.165, 1.54) is 0 Å². The molecule has 2 rings (SSSR count). The third-order valence-corrected chi connectivity index (χ3v) is 5.43. The molecule has 0 heterocycles. The molecule has 29 heavy (non-hydrogen) atoms. The quantitative estimate of drug-likeness (QED) is 0.345. The smallest absolute Gasteiger partial charge is 0.163 e. The van der Waals surface area contributed by atoms with Crippen LogP contribution >= 0.6 is 34.8 Å². The number of hydrogen-bond acceptors (Lipinski definition) is 4. The van der Waals surface area contributed by atoms with Crippen molar-refractivity contribution >= 4 is 34.8 Å². The Balaban J connectivity index is 1.89. The van der Waals surface area contributed by atoms with E-state index in [9.17, 15) is 0 Å². The summed E-state index contributed by atoms with van der Waals surface area (Å²) < 4.78 is 16.9. The molecule has 1 N–H and O–H groups in total. The molecular formula is C22H28Cl3NO3. The van der Waals surface area contributed by atoms with Crippen molar-refractivity contribution in [2.45, 2.75) is 39.3 Å². The first-order valence-corrected chi connectivity index (χ1v) is 10.9. The van der Waals surface area contributed by atoms with E-state index in [0.29, 0.717) is 33.1 Å². The fourth-order valence-electron chi connectivity index (χ4n) is 2.68. The Kier molecular flexibility index (Phi) is 11.0. The lowest BCUT2D eigenvalue weighted by atomic mass is 10.2. The van der Waals surface area contributed by atoms with Gasteiger partial charge in [0.25, 0.3) is 0 Å². The minimum Gasteiger partial charge on any atom is -0.493 e. The maximum absolute atomic E-state index is 6.45. The Morgan fingerprint density at radius 2 is 1.66 bits per heavy atom. The van der Waals surface area contributed by atoms with Crippen molar-refractivity contribution in [3.63, 3.8) is 0 Å². The number of unbranched alkanes of at least 4 members (excludes halogenated alkanes) is 1. The monoisotopic (exact) mass is 459 g/mol. The van der Waals surface area contributed by atoms with Gasteiger partial charge in [-0.05, 0) is 43.1 Å². The van der Waals surface area contributed by atoms with Crippen molar-refractivity contribution < 1.29 is 14.2 Å². The predicted molar refractivity (Wildman–Crippen MR) is 121 cm³/mol. The maximum atomic E-state index is 6.45. The van der Waals surface area contributed by atoms with Crippen LogP contribution in [0.25, 0.3) is 0 Å². The van der Waals surface area contributed by atoms with Crippen molar-refractivity contribution in [1.29, 1.82) is 0 Å². The lowest BCUT2D eigenvalue weighted by molar-refractivity contribution is 0.129. The molecule has 0 aliphatic carbocycles. The molecule has 0 fully saturated rings. The second-order valence-electron chi connectivity index (χ2n) is 6.58. The third-order valence-electron chi connectivity index (χ3n) is 4.37. The molecule has 2 aromatic rings. The Morgan fingerprint density at radius 3 is 2.34 bits per heavy atom. The molecule has 0 unspecified atom stereocenters. The zero-order chi connectivity index (χ0) is 21.1. The second-order valence-corrected chi connectivity index (χ2v) is 7.80. The number of rotatable bonds is 13. The lowest BCUT2D eigenvalue weighted by Gasteiger charge is -2.15. The fourth-order valence-corrected chi connectivity index (χ4v) is 3.40. The van der Waals surface area contributed by atoms with E-state index in [-0.39, 0.29) is 6.61 Å². The summed E-state index contributed by atoms with van der Waals surface area (Å²) in [5, 5.41) is 5.11. The number of ether oxygens (including phenoxy) is 3. The van der Waals surface area contributed by atoms with E-state index in [1.54, 1.807) is 31.4 Å². The van der Waals surface area contributed by atoms with Crippen molar-refractivity contribution in [2.75, 3.05) is 26.9 Å². The Labute approximate surface area is 188 Å². The molecule has 0 saturated carbocycles. The summed E-state index contributed by atoms with van der Waals surface area (Å²) in [6.45, 7) is 5.47. The zero-order valence-corrected chi connectivity index (χ0v) is 19.2. The van der Waals surface area contributed by atoms with Crippen LogP contribution in [0.4, 0.5) is 0 Å². The minimum atomic E-state index is 0.223. The molecule has 0 aromatic heterocycles. The largest absolute Gasteiger partial charge is 0.493 e. The van der Waals surface area contributed by atoms with Gasteiger partial charge in [-0.2, -0.15) is 0 Å². The van der Waals surface area contributed by atoms with E-state index in [1.807, 2.05) is 6.07 Å². The molecule has 2 aromatic carbocycles. The topological polar surface area (TPSA) is 39.7 Å². The molecule has 7 heteroatoms. The Bertz CT molecular complexity index is 751. The van der Waals surface area contributed by atoms with Crippen LogP contribution in [-0.4, -0.2) is 26.9 Å². The van der Waals surface area contributed by atoms with Crippen molar-refractivity contribution in [3.05, 3.63) is 56.5 Å². The molecule has 0 spiro atoms. The zero-order valence-electron chi connectivity index (χ0n) is 16.9. The highest BCUT2D eigenvalue weighted by atomic mass is 35.5. The van der Waals surface area contributed by atoms with Gasteiger partial charge in [0.2, 0.25) is 0 Å². The minimum absolute atomic E-state index is 0.223. The van der Waals surface area contributed by atoms with Crippen molar-refractivity contribution in [1.82, 2.24) is 5.32 Å². The number of nitrogens with one attached hydrogen (secondary N) is 1. The summed E-state index contributed by atoms with van der Waals surface area (Å²) in [5.74, 6) is 1.15. The number of methoxy groups -OCH3 is 1. The highest BCUT2D eigenvalue weighted by molar-refractivity contribution is 6.36. The molecule has 0 atom stereocenters. The summed E-state index contributed by atoms with van der Waals surface area (Å²) >= 11 is 18.9. The highest BCUT2D eigenvalue weighted by Gasteiger charge is 2.13. The third kappa shape index (κ3) is 7.88. The molecule has 4 nitrogen and oxygen atoms in total. The second kappa shape index (κ2) is 13.2. The lowest BCUT2D eigenvalue weighted by Crippen LogP contribution is -2.17. The molecule has 0 aliphatic rings. The molecule has 0 radical (unpaired) electrons. The van der Waals surface area contributed by atoms with E-state index in [4.69, 9.17) is 49.0 Å². The SMILES string of the molecule is CCCCOCCCNCc1cc(OC)c(OCc2c(Cl)cccc2Cl)cc1Cl. The van der Waals surface area contributed by atoms with Gasteiger partial charge in [0.15, 0.2) is 11.5 Å². The van der Waals surface area contributed by atoms with Gasteiger partial charge in [-0.15, -0.1) is 0 Å². The first-order valence-electron chi connectivity index (χ1n) is 9.77. The van der Waals surface area contributed by atoms with E-state index in [0.717, 1.165) is 50.1 Å². The molecule has 160 valence electrons. The Hall–Kier alpha value is -1.17. The van der Waals surface area contributed by atoms with Gasteiger partial charge in [-0.1, -0.05) is 54.2 Å². The summed E-state index contributed by atoms with van der Waals surface area (Å²) in [4.78, 5) is 0. The normalized spacial score (nSPS) is 10.9. The van der Waals surface area contributed by atoms with E-state index in [2.05, 4.69) is 12.2 Å². The fraction of sp³-hybridized carbons (Fsp3) is 0.455. The van der Waals surface area contributed by atoms with Gasteiger partial charge in [-0.25, -0.2) is 0 Å². The Morgan fingerprint density at radius 1 is 0.931 bits per heavy atom. The van der Waals surface area contributed by atoms with Gasteiger partial charge < -0.3 is 19.5 Å². The molecule has 0 bridgehead atoms. The summed E-state index contributed by atoms with van der Waals surface area (Å²) in [6, 6.07) is 9.00. The summed E-state index contributed by atoms with van der Waals surface area (Å²) in [6.07, 6.45) is 3.22. The molecule has 0 amide bonds. The van der Waals surface area contributed by atoms with Crippen LogP contribution < -0.4 is 14.8 Å². The van der Waals surface area contributed by atoms with Crippen LogP contribution in [0.2, 0.25) is 15.1 Å². The van der Waals surface area contributed by atoms with E-state index >= 15 is 0 Å². The van der Waals surface area contributed by atoms with Crippen LogP contribution in [0.5, 0.6) is 11.5 Å². The van der Waals surface area contributed by atoms with Crippen LogP contribution in [-0.2, 0) is 17.9 Å². The number of hydrogen-bond donors (Lipinski definition) is 1. The predicted octanol–water partition coefficient (Wildman–Crippen LogP) is 6.53.